The Morgan fingerprint density at radius 1 is 0.680 bits per heavy atom. The Bertz CT molecular complexity index is 762. The third kappa shape index (κ3) is 4.11. The standard InChI is InChI=1S/C23H29NO/c1-21(2,3)18-12-19(22(4,5)6)14-20(13-18)23(7,25)17-10-8-16(15-24)9-11-17/h8-14,25H,1-7H3. The fourth-order valence-electron chi connectivity index (χ4n) is 2.81. The van der Waals surface area contributed by atoms with E-state index < -0.39 is 5.60 Å². The normalized spacial score (nSPS) is 14.7. The van der Waals surface area contributed by atoms with E-state index in [1.807, 2.05) is 19.1 Å². The van der Waals surface area contributed by atoms with Crippen molar-refractivity contribution >= 4 is 0 Å². The second-order valence-electron chi connectivity index (χ2n) is 9.06. The molecule has 0 aliphatic carbocycles. The molecule has 2 aromatic carbocycles. The first kappa shape index (κ1) is 19.2. The quantitative estimate of drug-likeness (QED) is 0.797. The monoisotopic (exact) mass is 335 g/mol. The predicted octanol–water partition coefficient (Wildman–Crippen LogP) is 5.41. The molecule has 1 unspecified atom stereocenters. The van der Waals surface area contributed by atoms with Crippen LogP contribution in [0, 0.1) is 11.3 Å². The second-order valence-corrected chi connectivity index (χ2v) is 9.06. The summed E-state index contributed by atoms with van der Waals surface area (Å²) in [6.07, 6.45) is 0. The number of aliphatic hydroxyl groups is 1. The highest BCUT2D eigenvalue weighted by Gasteiger charge is 2.29. The molecule has 25 heavy (non-hydrogen) atoms. The van der Waals surface area contributed by atoms with Crippen LogP contribution >= 0.6 is 0 Å². The third-order valence-corrected chi connectivity index (χ3v) is 4.80. The molecule has 0 aliphatic rings. The number of nitrogens with zero attached hydrogens (tertiary/aromatic N) is 1. The van der Waals surface area contributed by atoms with Gasteiger partial charge in [0.15, 0.2) is 0 Å². The molecular weight excluding hydrogens is 306 g/mol. The topological polar surface area (TPSA) is 44.0 Å². The number of hydrogen-bond donors (Lipinski definition) is 1. The maximum atomic E-state index is 11.3. The van der Waals surface area contributed by atoms with Crippen molar-refractivity contribution < 1.29 is 5.11 Å². The van der Waals surface area contributed by atoms with E-state index in [0.29, 0.717) is 5.56 Å². The van der Waals surface area contributed by atoms with E-state index in [0.717, 1.165) is 11.1 Å². The summed E-state index contributed by atoms with van der Waals surface area (Å²) >= 11 is 0. The molecule has 0 spiro atoms. The van der Waals surface area contributed by atoms with Crippen LogP contribution in [0.25, 0.3) is 0 Å². The van der Waals surface area contributed by atoms with Crippen molar-refractivity contribution in [2.75, 3.05) is 0 Å². The molecule has 2 heteroatoms. The zero-order chi connectivity index (χ0) is 19.0. The minimum Gasteiger partial charge on any atom is -0.381 e. The smallest absolute Gasteiger partial charge is 0.112 e. The Labute approximate surface area is 152 Å². The summed E-state index contributed by atoms with van der Waals surface area (Å²) in [5.41, 5.74) is 3.57. The van der Waals surface area contributed by atoms with E-state index in [1.54, 1.807) is 12.1 Å². The zero-order valence-electron chi connectivity index (χ0n) is 16.4. The Morgan fingerprint density at radius 3 is 1.44 bits per heavy atom. The van der Waals surface area contributed by atoms with Gasteiger partial charge in [-0.15, -0.1) is 0 Å². The molecule has 0 amide bonds. The lowest BCUT2D eigenvalue weighted by Crippen LogP contribution is -2.26. The molecule has 0 aliphatic heterocycles. The van der Waals surface area contributed by atoms with Crippen molar-refractivity contribution in [3.63, 3.8) is 0 Å². The molecule has 2 nitrogen and oxygen atoms in total. The van der Waals surface area contributed by atoms with E-state index in [4.69, 9.17) is 5.26 Å². The summed E-state index contributed by atoms with van der Waals surface area (Å²) in [5, 5.41) is 20.3. The van der Waals surface area contributed by atoms with Crippen LogP contribution < -0.4 is 0 Å². The van der Waals surface area contributed by atoms with Gasteiger partial charge in [0.05, 0.1) is 11.6 Å². The number of benzene rings is 2. The zero-order valence-corrected chi connectivity index (χ0v) is 16.4. The van der Waals surface area contributed by atoms with Gasteiger partial charge in [-0.25, -0.2) is 0 Å². The molecule has 0 radical (unpaired) electrons. The molecular formula is C23H29NO. The maximum Gasteiger partial charge on any atom is 0.112 e. The minimum atomic E-state index is -1.12. The van der Waals surface area contributed by atoms with Crippen molar-refractivity contribution in [1.29, 1.82) is 5.26 Å². The van der Waals surface area contributed by atoms with E-state index in [1.165, 1.54) is 11.1 Å². The maximum absolute atomic E-state index is 11.3. The van der Waals surface area contributed by atoms with Crippen molar-refractivity contribution in [3.05, 3.63) is 70.3 Å². The van der Waals surface area contributed by atoms with E-state index in [9.17, 15) is 5.11 Å². The summed E-state index contributed by atoms with van der Waals surface area (Å²) < 4.78 is 0. The average molecular weight is 335 g/mol. The third-order valence-electron chi connectivity index (χ3n) is 4.80. The minimum absolute atomic E-state index is 0.00322. The van der Waals surface area contributed by atoms with Crippen LogP contribution in [0.2, 0.25) is 0 Å². The SMILES string of the molecule is CC(C)(C)c1cc(C(C)(C)C)cc(C(C)(O)c2ccc(C#N)cc2)c1. The summed E-state index contributed by atoms with van der Waals surface area (Å²) in [7, 11) is 0. The largest absolute Gasteiger partial charge is 0.381 e. The van der Waals surface area contributed by atoms with Crippen LogP contribution in [0.3, 0.4) is 0 Å². The van der Waals surface area contributed by atoms with Crippen LogP contribution in [0.4, 0.5) is 0 Å². The number of hydrogen-bond acceptors (Lipinski definition) is 2. The Kier molecular flexibility index (Phi) is 4.86. The van der Waals surface area contributed by atoms with Gasteiger partial charge in [0.1, 0.15) is 5.60 Å². The lowest BCUT2D eigenvalue weighted by molar-refractivity contribution is 0.102. The van der Waals surface area contributed by atoms with E-state index >= 15 is 0 Å². The van der Waals surface area contributed by atoms with E-state index in [-0.39, 0.29) is 10.8 Å². The van der Waals surface area contributed by atoms with Gasteiger partial charge in [0, 0.05) is 0 Å². The molecule has 0 saturated carbocycles. The van der Waals surface area contributed by atoms with E-state index in [2.05, 4.69) is 65.8 Å². The first-order chi connectivity index (χ1) is 11.4. The lowest BCUT2D eigenvalue weighted by atomic mass is 9.76. The summed E-state index contributed by atoms with van der Waals surface area (Å²) in [6, 6.07) is 15.7. The summed E-state index contributed by atoms with van der Waals surface area (Å²) in [6.45, 7) is 15.0. The van der Waals surface area contributed by atoms with Crippen molar-refractivity contribution in [2.45, 2.75) is 64.9 Å². The molecule has 1 N–H and O–H groups in total. The van der Waals surface area contributed by atoms with Crippen molar-refractivity contribution in [2.24, 2.45) is 0 Å². The van der Waals surface area contributed by atoms with Crippen LogP contribution in [0.5, 0.6) is 0 Å². The second kappa shape index (κ2) is 6.32. The molecule has 0 bridgehead atoms. The highest BCUT2D eigenvalue weighted by atomic mass is 16.3. The van der Waals surface area contributed by atoms with Crippen molar-refractivity contribution in [3.8, 4) is 6.07 Å². The molecule has 0 heterocycles. The van der Waals surface area contributed by atoms with Gasteiger partial charge < -0.3 is 5.11 Å². The fourth-order valence-corrected chi connectivity index (χ4v) is 2.81. The lowest BCUT2D eigenvalue weighted by Gasteiger charge is -2.31. The van der Waals surface area contributed by atoms with Gasteiger partial charge in [-0.05, 0) is 52.1 Å². The van der Waals surface area contributed by atoms with Gasteiger partial charge in [-0.1, -0.05) is 71.9 Å². The first-order valence-corrected chi connectivity index (χ1v) is 8.75. The average Bonchev–Trinajstić information content (AvgIpc) is 2.53. The van der Waals surface area contributed by atoms with Gasteiger partial charge in [0.25, 0.3) is 0 Å². The Morgan fingerprint density at radius 2 is 1.08 bits per heavy atom. The highest BCUT2D eigenvalue weighted by Crippen LogP contribution is 2.36. The molecule has 2 aromatic rings. The first-order valence-electron chi connectivity index (χ1n) is 8.75. The van der Waals surface area contributed by atoms with Gasteiger partial charge in [-0.3, -0.25) is 0 Å². The number of nitriles is 1. The fraction of sp³-hybridized carbons (Fsp3) is 0.435. The van der Waals surface area contributed by atoms with Gasteiger partial charge >= 0.3 is 0 Å². The van der Waals surface area contributed by atoms with Crippen LogP contribution in [-0.4, -0.2) is 5.11 Å². The van der Waals surface area contributed by atoms with Crippen LogP contribution in [-0.2, 0) is 16.4 Å². The van der Waals surface area contributed by atoms with Gasteiger partial charge in [-0.2, -0.15) is 5.26 Å². The molecule has 2 rings (SSSR count). The summed E-state index contributed by atoms with van der Waals surface area (Å²) in [4.78, 5) is 0. The Balaban J connectivity index is 2.64. The number of rotatable bonds is 2. The van der Waals surface area contributed by atoms with Crippen LogP contribution in [0.15, 0.2) is 42.5 Å². The van der Waals surface area contributed by atoms with Gasteiger partial charge in [0.2, 0.25) is 0 Å². The molecule has 132 valence electrons. The molecule has 1 atom stereocenters. The molecule has 0 fully saturated rings. The molecule has 0 saturated heterocycles. The predicted molar refractivity (Wildman–Crippen MR) is 104 cm³/mol. The summed E-state index contributed by atoms with van der Waals surface area (Å²) in [5.74, 6) is 0. The van der Waals surface area contributed by atoms with Crippen molar-refractivity contribution in [1.82, 2.24) is 0 Å². The molecule has 0 aromatic heterocycles. The van der Waals surface area contributed by atoms with Crippen LogP contribution in [0.1, 0.15) is 76.3 Å². The highest BCUT2D eigenvalue weighted by molar-refractivity contribution is 5.45. The Hall–Kier alpha value is -2.11.